The molecule has 0 saturated heterocycles. The lowest BCUT2D eigenvalue weighted by molar-refractivity contribution is 0.310. The Bertz CT molecular complexity index is 890. The van der Waals surface area contributed by atoms with Gasteiger partial charge in [0.2, 0.25) is 5.89 Å². The van der Waals surface area contributed by atoms with Crippen molar-refractivity contribution in [2.75, 3.05) is 25.5 Å². The highest BCUT2D eigenvalue weighted by molar-refractivity contribution is 5.53. The van der Waals surface area contributed by atoms with E-state index in [4.69, 9.17) is 4.42 Å². The number of benzene rings is 1. The molecule has 3 heterocycles. The number of likely N-dealkylation sites (N-methyl/N-ethyl adjacent to an activating group) is 1. The summed E-state index contributed by atoms with van der Waals surface area (Å²) < 4.78 is 5.84. The number of nitrogens with one attached hydrogen (secondary N) is 1. The maximum Gasteiger partial charge on any atom is 0.226 e. The van der Waals surface area contributed by atoms with Gasteiger partial charge < -0.3 is 14.6 Å². The second-order valence-electron chi connectivity index (χ2n) is 6.70. The minimum Gasteiger partial charge on any atom is -0.441 e. The molecule has 1 N–H and O–H groups in total. The van der Waals surface area contributed by atoms with Crippen LogP contribution in [0.4, 0.5) is 5.82 Å². The second kappa shape index (κ2) is 7.25. The molecule has 26 heavy (non-hydrogen) atoms. The Kier molecular flexibility index (Phi) is 4.67. The molecule has 4 rings (SSSR count). The summed E-state index contributed by atoms with van der Waals surface area (Å²) in [5, 5.41) is 3.46. The fraction of sp³-hybridized carbons (Fsp3) is 0.350. The monoisotopic (exact) mass is 349 g/mol. The number of anilines is 1. The van der Waals surface area contributed by atoms with Gasteiger partial charge in [-0.1, -0.05) is 18.2 Å². The van der Waals surface area contributed by atoms with E-state index < -0.39 is 0 Å². The van der Waals surface area contributed by atoms with Crippen molar-refractivity contribution in [1.82, 2.24) is 19.9 Å². The fourth-order valence-electron chi connectivity index (χ4n) is 3.29. The predicted octanol–water partition coefficient (Wildman–Crippen LogP) is 3.08. The molecule has 0 spiro atoms. The first-order valence-electron chi connectivity index (χ1n) is 8.97. The van der Waals surface area contributed by atoms with Crippen molar-refractivity contribution >= 4 is 5.82 Å². The van der Waals surface area contributed by atoms with Crippen LogP contribution in [0.2, 0.25) is 0 Å². The zero-order valence-electron chi connectivity index (χ0n) is 15.2. The van der Waals surface area contributed by atoms with Gasteiger partial charge in [0.1, 0.15) is 17.9 Å². The van der Waals surface area contributed by atoms with E-state index in [9.17, 15) is 0 Å². The number of hydrogen-bond donors (Lipinski definition) is 1. The fourth-order valence-corrected chi connectivity index (χ4v) is 3.29. The number of nitrogens with zero attached hydrogens (tertiary/aromatic N) is 4. The second-order valence-corrected chi connectivity index (χ2v) is 6.70. The van der Waals surface area contributed by atoms with Crippen LogP contribution >= 0.6 is 0 Å². The van der Waals surface area contributed by atoms with E-state index in [1.807, 2.05) is 37.3 Å². The summed E-state index contributed by atoms with van der Waals surface area (Å²) >= 11 is 0. The van der Waals surface area contributed by atoms with Crippen LogP contribution in [0.5, 0.6) is 0 Å². The molecule has 1 aromatic carbocycles. The van der Waals surface area contributed by atoms with E-state index >= 15 is 0 Å². The largest absolute Gasteiger partial charge is 0.441 e. The topological polar surface area (TPSA) is 67.1 Å². The first-order valence-corrected chi connectivity index (χ1v) is 8.97. The van der Waals surface area contributed by atoms with Gasteiger partial charge in [-0.2, -0.15) is 0 Å². The normalized spacial score (nSPS) is 14.2. The van der Waals surface area contributed by atoms with Crippen LogP contribution in [-0.2, 0) is 19.4 Å². The summed E-state index contributed by atoms with van der Waals surface area (Å²) in [6.45, 7) is 4.66. The molecule has 0 aliphatic carbocycles. The molecule has 3 aromatic rings. The SMILES string of the molecule is Cc1oc(-c2ccccc2)nc1CCNc1ncnc2c1CN(C)CC2. The van der Waals surface area contributed by atoms with E-state index in [-0.39, 0.29) is 0 Å². The molecular formula is C20H23N5O. The number of oxazole rings is 1. The minimum absolute atomic E-state index is 0.680. The Morgan fingerprint density at radius 1 is 1.19 bits per heavy atom. The van der Waals surface area contributed by atoms with Gasteiger partial charge in [-0.25, -0.2) is 15.0 Å². The van der Waals surface area contributed by atoms with Crippen molar-refractivity contribution in [1.29, 1.82) is 0 Å². The summed E-state index contributed by atoms with van der Waals surface area (Å²) in [5.74, 6) is 2.49. The number of aryl methyl sites for hydroxylation is 1. The van der Waals surface area contributed by atoms with Crippen molar-refractivity contribution in [3.8, 4) is 11.5 Å². The average Bonchev–Trinajstić information content (AvgIpc) is 3.04. The maximum atomic E-state index is 5.84. The summed E-state index contributed by atoms with van der Waals surface area (Å²) in [4.78, 5) is 15.8. The molecule has 1 aliphatic rings. The zero-order chi connectivity index (χ0) is 17.9. The molecule has 0 radical (unpaired) electrons. The van der Waals surface area contributed by atoms with E-state index in [0.717, 1.165) is 61.0 Å². The van der Waals surface area contributed by atoms with Crippen LogP contribution in [0, 0.1) is 6.92 Å². The smallest absolute Gasteiger partial charge is 0.226 e. The van der Waals surface area contributed by atoms with Crippen molar-refractivity contribution in [3.05, 3.63) is 59.4 Å². The number of hydrogen-bond acceptors (Lipinski definition) is 6. The lowest BCUT2D eigenvalue weighted by Crippen LogP contribution is -2.28. The Balaban J connectivity index is 1.44. The molecule has 0 atom stereocenters. The Hall–Kier alpha value is -2.73. The van der Waals surface area contributed by atoms with Gasteiger partial charge in [-0.3, -0.25) is 0 Å². The highest BCUT2D eigenvalue weighted by Gasteiger charge is 2.18. The molecule has 0 bridgehead atoms. The van der Waals surface area contributed by atoms with Crippen LogP contribution in [0.1, 0.15) is 22.7 Å². The molecule has 6 heteroatoms. The van der Waals surface area contributed by atoms with E-state index in [0.29, 0.717) is 5.89 Å². The van der Waals surface area contributed by atoms with Crippen LogP contribution in [0.3, 0.4) is 0 Å². The van der Waals surface area contributed by atoms with Gasteiger partial charge in [0.05, 0.1) is 11.4 Å². The van der Waals surface area contributed by atoms with Gasteiger partial charge in [0, 0.05) is 43.6 Å². The third kappa shape index (κ3) is 3.46. The number of fused-ring (bicyclic) bond motifs is 1. The quantitative estimate of drug-likeness (QED) is 0.763. The summed E-state index contributed by atoms with van der Waals surface area (Å²) in [5.41, 5.74) is 4.35. The van der Waals surface area contributed by atoms with E-state index in [2.05, 4.69) is 32.2 Å². The molecule has 0 amide bonds. The highest BCUT2D eigenvalue weighted by Crippen LogP contribution is 2.23. The molecule has 0 unspecified atom stereocenters. The van der Waals surface area contributed by atoms with Gasteiger partial charge in [0.15, 0.2) is 0 Å². The molecule has 6 nitrogen and oxygen atoms in total. The molecule has 134 valence electrons. The number of aromatic nitrogens is 3. The van der Waals surface area contributed by atoms with E-state index in [1.54, 1.807) is 6.33 Å². The Morgan fingerprint density at radius 2 is 2.04 bits per heavy atom. The standard InChI is InChI=1S/C20H23N5O/c1-14-17(24-20(26-14)15-6-4-3-5-7-15)8-10-21-19-16-12-25(2)11-9-18(16)22-13-23-19/h3-7,13H,8-12H2,1-2H3,(H,21,22,23). The van der Waals surface area contributed by atoms with Crippen molar-refractivity contribution in [3.63, 3.8) is 0 Å². The average molecular weight is 349 g/mol. The molecule has 0 fully saturated rings. The summed E-state index contributed by atoms with van der Waals surface area (Å²) in [7, 11) is 2.13. The van der Waals surface area contributed by atoms with E-state index in [1.165, 1.54) is 5.56 Å². The molecule has 1 aliphatic heterocycles. The lowest BCUT2D eigenvalue weighted by atomic mass is 10.1. The first kappa shape index (κ1) is 16.7. The third-order valence-corrected chi connectivity index (χ3v) is 4.76. The molecule has 0 saturated carbocycles. The maximum absolute atomic E-state index is 5.84. The van der Waals surface area contributed by atoms with Crippen LogP contribution < -0.4 is 5.32 Å². The van der Waals surface area contributed by atoms with Gasteiger partial charge >= 0.3 is 0 Å². The van der Waals surface area contributed by atoms with Crippen LogP contribution in [-0.4, -0.2) is 40.0 Å². The highest BCUT2D eigenvalue weighted by atomic mass is 16.4. The third-order valence-electron chi connectivity index (χ3n) is 4.76. The van der Waals surface area contributed by atoms with Crippen molar-refractivity contribution < 1.29 is 4.42 Å². The van der Waals surface area contributed by atoms with Gasteiger partial charge in [-0.15, -0.1) is 0 Å². The van der Waals surface area contributed by atoms with Gasteiger partial charge in [-0.05, 0) is 26.1 Å². The molecule has 2 aromatic heterocycles. The predicted molar refractivity (Wildman–Crippen MR) is 101 cm³/mol. The zero-order valence-corrected chi connectivity index (χ0v) is 15.2. The van der Waals surface area contributed by atoms with Crippen molar-refractivity contribution in [2.45, 2.75) is 26.3 Å². The summed E-state index contributed by atoms with van der Waals surface area (Å²) in [6.07, 6.45) is 3.42. The van der Waals surface area contributed by atoms with Crippen LogP contribution in [0.15, 0.2) is 41.1 Å². The Labute approximate surface area is 153 Å². The minimum atomic E-state index is 0.680. The number of rotatable bonds is 5. The summed E-state index contributed by atoms with van der Waals surface area (Å²) in [6, 6.07) is 9.99. The Morgan fingerprint density at radius 3 is 2.88 bits per heavy atom. The first-order chi connectivity index (χ1) is 12.7. The lowest BCUT2D eigenvalue weighted by Gasteiger charge is -2.25. The van der Waals surface area contributed by atoms with Crippen molar-refractivity contribution in [2.24, 2.45) is 0 Å². The van der Waals surface area contributed by atoms with Crippen LogP contribution in [0.25, 0.3) is 11.5 Å². The van der Waals surface area contributed by atoms with Gasteiger partial charge in [0.25, 0.3) is 0 Å². The molecular weight excluding hydrogens is 326 g/mol.